The van der Waals surface area contributed by atoms with Crippen LogP contribution in [0, 0.1) is 6.92 Å². The van der Waals surface area contributed by atoms with Crippen molar-refractivity contribution in [2.24, 2.45) is 0 Å². The molecular formula is C11H14N2O3. The van der Waals surface area contributed by atoms with Gasteiger partial charge in [0.05, 0.1) is 19.4 Å². The number of anilines is 1. The van der Waals surface area contributed by atoms with Crippen molar-refractivity contribution in [3.63, 3.8) is 0 Å². The summed E-state index contributed by atoms with van der Waals surface area (Å²) in [7, 11) is 1.87. The third-order valence-corrected chi connectivity index (χ3v) is 2.40. The van der Waals surface area contributed by atoms with Crippen molar-refractivity contribution in [1.82, 2.24) is 4.98 Å². The molecule has 0 radical (unpaired) electrons. The fourth-order valence-corrected chi connectivity index (χ4v) is 1.44. The summed E-state index contributed by atoms with van der Waals surface area (Å²) in [5.41, 5.74) is 1.62. The lowest BCUT2D eigenvalue weighted by molar-refractivity contribution is 0.276. The molecule has 0 amide bonds. The summed E-state index contributed by atoms with van der Waals surface area (Å²) < 4.78 is 10.4. The predicted octanol–water partition coefficient (Wildman–Crippen LogP) is 1.70. The van der Waals surface area contributed by atoms with Crippen LogP contribution in [0.2, 0.25) is 0 Å². The van der Waals surface area contributed by atoms with Crippen LogP contribution in [0.15, 0.2) is 27.4 Å². The van der Waals surface area contributed by atoms with E-state index in [-0.39, 0.29) is 6.61 Å². The molecular weight excluding hydrogens is 208 g/mol. The lowest BCUT2D eigenvalue weighted by Crippen LogP contribution is -2.16. The molecule has 2 rings (SSSR count). The average Bonchev–Trinajstić information content (AvgIpc) is 2.88. The summed E-state index contributed by atoms with van der Waals surface area (Å²) in [4.78, 5) is 5.98. The number of aryl methyl sites for hydroxylation is 1. The molecule has 5 heteroatoms. The minimum absolute atomic E-state index is 0.109. The Labute approximate surface area is 93.3 Å². The van der Waals surface area contributed by atoms with Gasteiger partial charge in [-0.05, 0) is 13.0 Å². The normalized spacial score (nSPS) is 10.7. The molecule has 2 aromatic rings. The van der Waals surface area contributed by atoms with E-state index in [1.807, 2.05) is 24.9 Å². The van der Waals surface area contributed by atoms with Gasteiger partial charge < -0.3 is 18.8 Å². The second kappa shape index (κ2) is 4.40. The highest BCUT2D eigenvalue weighted by Gasteiger charge is 2.11. The summed E-state index contributed by atoms with van der Waals surface area (Å²) in [5.74, 6) is 0.890. The molecule has 0 spiro atoms. The number of nitrogens with zero attached hydrogens (tertiary/aromatic N) is 2. The molecule has 0 atom stereocenters. The molecule has 0 saturated heterocycles. The van der Waals surface area contributed by atoms with E-state index in [2.05, 4.69) is 4.98 Å². The van der Waals surface area contributed by atoms with Crippen molar-refractivity contribution in [3.05, 3.63) is 35.6 Å². The zero-order valence-corrected chi connectivity index (χ0v) is 9.30. The highest BCUT2D eigenvalue weighted by Crippen LogP contribution is 2.17. The number of hydrogen-bond acceptors (Lipinski definition) is 5. The third-order valence-electron chi connectivity index (χ3n) is 2.40. The number of furan rings is 1. The minimum Gasteiger partial charge on any atom is -0.469 e. The Morgan fingerprint density at radius 1 is 1.44 bits per heavy atom. The van der Waals surface area contributed by atoms with E-state index in [0.29, 0.717) is 18.3 Å². The van der Waals surface area contributed by atoms with Crippen LogP contribution in [-0.4, -0.2) is 17.1 Å². The molecule has 0 aliphatic rings. The van der Waals surface area contributed by atoms with Crippen LogP contribution in [0.3, 0.4) is 0 Å². The second-order valence-corrected chi connectivity index (χ2v) is 3.64. The smallest absolute Gasteiger partial charge is 0.297 e. The SMILES string of the molecule is Cc1occc1CN(C)c1nc(CO)co1. The molecule has 1 N–H and O–H groups in total. The first-order valence-electron chi connectivity index (χ1n) is 5.00. The summed E-state index contributed by atoms with van der Waals surface area (Å²) in [5, 5.41) is 8.88. The van der Waals surface area contributed by atoms with Crippen LogP contribution in [0.4, 0.5) is 6.01 Å². The first kappa shape index (κ1) is 10.8. The van der Waals surface area contributed by atoms with Crippen molar-refractivity contribution < 1.29 is 13.9 Å². The van der Waals surface area contributed by atoms with Crippen molar-refractivity contribution in [1.29, 1.82) is 0 Å². The fraction of sp³-hybridized carbons (Fsp3) is 0.364. The number of rotatable bonds is 4. The monoisotopic (exact) mass is 222 g/mol. The molecule has 86 valence electrons. The fourth-order valence-electron chi connectivity index (χ4n) is 1.44. The van der Waals surface area contributed by atoms with Crippen molar-refractivity contribution in [2.45, 2.75) is 20.1 Å². The van der Waals surface area contributed by atoms with E-state index >= 15 is 0 Å². The van der Waals surface area contributed by atoms with Gasteiger partial charge in [-0.1, -0.05) is 0 Å². The van der Waals surface area contributed by atoms with Crippen LogP contribution in [0.1, 0.15) is 17.0 Å². The van der Waals surface area contributed by atoms with Crippen molar-refractivity contribution in [2.75, 3.05) is 11.9 Å². The number of aliphatic hydroxyl groups excluding tert-OH is 1. The number of aromatic nitrogens is 1. The topological polar surface area (TPSA) is 62.6 Å². The molecule has 16 heavy (non-hydrogen) atoms. The van der Waals surface area contributed by atoms with Crippen LogP contribution in [0.25, 0.3) is 0 Å². The summed E-state index contributed by atoms with van der Waals surface area (Å²) in [6, 6.07) is 2.41. The highest BCUT2D eigenvalue weighted by atomic mass is 16.4. The van der Waals surface area contributed by atoms with Gasteiger partial charge in [0, 0.05) is 12.6 Å². The largest absolute Gasteiger partial charge is 0.469 e. The lowest BCUT2D eigenvalue weighted by atomic mass is 10.2. The molecule has 0 aliphatic carbocycles. The maximum absolute atomic E-state index is 8.88. The van der Waals surface area contributed by atoms with Gasteiger partial charge in [0.15, 0.2) is 0 Å². The van der Waals surface area contributed by atoms with Crippen LogP contribution < -0.4 is 4.90 Å². The third kappa shape index (κ3) is 2.09. The molecule has 0 aromatic carbocycles. The molecule has 0 saturated carbocycles. The van der Waals surface area contributed by atoms with Gasteiger partial charge in [0.2, 0.25) is 0 Å². The van der Waals surface area contributed by atoms with Crippen molar-refractivity contribution >= 4 is 6.01 Å². The molecule has 5 nitrogen and oxygen atoms in total. The first-order valence-corrected chi connectivity index (χ1v) is 5.00. The quantitative estimate of drug-likeness (QED) is 0.853. The number of aliphatic hydroxyl groups is 1. The van der Waals surface area contributed by atoms with Crippen LogP contribution in [0.5, 0.6) is 0 Å². The zero-order valence-electron chi connectivity index (χ0n) is 9.30. The Kier molecular flexibility index (Phi) is 2.96. The van der Waals surface area contributed by atoms with Gasteiger partial charge in [0.1, 0.15) is 17.7 Å². The Morgan fingerprint density at radius 2 is 2.25 bits per heavy atom. The van der Waals surface area contributed by atoms with Crippen LogP contribution in [-0.2, 0) is 13.2 Å². The lowest BCUT2D eigenvalue weighted by Gasteiger charge is -2.13. The van der Waals surface area contributed by atoms with Crippen LogP contribution >= 0.6 is 0 Å². The Morgan fingerprint density at radius 3 is 2.81 bits per heavy atom. The Bertz CT molecular complexity index is 461. The van der Waals surface area contributed by atoms with Gasteiger partial charge in [-0.2, -0.15) is 4.98 Å². The standard InChI is InChI=1S/C11H14N2O3/c1-8-9(3-4-15-8)5-13(2)11-12-10(6-14)7-16-11/h3-4,7,14H,5-6H2,1-2H3. The number of hydrogen-bond donors (Lipinski definition) is 1. The van der Waals surface area contributed by atoms with E-state index in [1.165, 1.54) is 6.26 Å². The maximum Gasteiger partial charge on any atom is 0.297 e. The molecule has 2 aromatic heterocycles. The van der Waals surface area contributed by atoms with Gasteiger partial charge in [-0.3, -0.25) is 0 Å². The average molecular weight is 222 g/mol. The van der Waals surface area contributed by atoms with E-state index < -0.39 is 0 Å². The van der Waals surface area contributed by atoms with E-state index in [4.69, 9.17) is 13.9 Å². The Hall–Kier alpha value is -1.75. The minimum atomic E-state index is -0.109. The van der Waals surface area contributed by atoms with Gasteiger partial charge in [-0.25, -0.2) is 0 Å². The maximum atomic E-state index is 8.88. The summed E-state index contributed by atoms with van der Waals surface area (Å²) in [6.07, 6.45) is 3.11. The van der Waals surface area contributed by atoms with E-state index in [1.54, 1.807) is 6.26 Å². The molecule has 0 bridgehead atoms. The first-order chi connectivity index (χ1) is 7.70. The Balaban J connectivity index is 2.08. The second-order valence-electron chi connectivity index (χ2n) is 3.64. The van der Waals surface area contributed by atoms with E-state index in [0.717, 1.165) is 11.3 Å². The van der Waals surface area contributed by atoms with Gasteiger partial charge >= 0.3 is 0 Å². The van der Waals surface area contributed by atoms with Crippen molar-refractivity contribution in [3.8, 4) is 0 Å². The molecule has 0 unspecified atom stereocenters. The molecule has 2 heterocycles. The highest BCUT2D eigenvalue weighted by molar-refractivity contribution is 5.29. The zero-order chi connectivity index (χ0) is 11.5. The summed E-state index contributed by atoms with van der Waals surface area (Å²) >= 11 is 0. The summed E-state index contributed by atoms with van der Waals surface area (Å²) in [6.45, 7) is 2.47. The molecule has 0 aliphatic heterocycles. The van der Waals surface area contributed by atoms with E-state index in [9.17, 15) is 0 Å². The molecule has 0 fully saturated rings. The number of oxazole rings is 1. The van der Waals surface area contributed by atoms with Gasteiger partial charge in [-0.15, -0.1) is 0 Å². The van der Waals surface area contributed by atoms with Gasteiger partial charge in [0.25, 0.3) is 6.01 Å². The predicted molar refractivity (Wildman–Crippen MR) is 58.0 cm³/mol.